The highest BCUT2D eigenvalue weighted by molar-refractivity contribution is 4.82. The minimum atomic E-state index is -0.255. The van der Waals surface area contributed by atoms with Crippen LogP contribution in [0.3, 0.4) is 0 Å². The van der Waals surface area contributed by atoms with Crippen molar-refractivity contribution in [2.45, 2.75) is 103 Å². The molecule has 0 bridgehead atoms. The Kier molecular flexibility index (Phi) is 14.8. The molecule has 0 rings (SSSR count). The van der Waals surface area contributed by atoms with E-state index in [-0.39, 0.29) is 12.2 Å². The van der Waals surface area contributed by atoms with Crippen LogP contribution in [0.1, 0.15) is 90.9 Å². The molecule has 0 saturated heterocycles. The number of unbranched alkanes of at least 4 members (excludes halogenated alkanes) is 6. The summed E-state index contributed by atoms with van der Waals surface area (Å²) in [6.45, 7) is 4.22. The first-order valence-electron chi connectivity index (χ1n) is 8.71. The van der Waals surface area contributed by atoms with E-state index in [9.17, 15) is 10.2 Å². The maximum absolute atomic E-state index is 9.77. The van der Waals surface area contributed by atoms with Gasteiger partial charge in [-0.15, -0.1) is 0 Å². The Morgan fingerprint density at radius 3 is 2.00 bits per heavy atom. The highest BCUT2D eigenvalue weighted by atomic mass is 16.3. The van der Waals surface area contributed by atoms with Crippen LogP contribution in [0.25, 0.3) is 0 Å². The van der Waals surface area contributed by atoms with Crippen molar-refractivity contribution in [2.24, 2.45) is 0 Å². The molecule has 2 N–H and O–H groups in total. The quantitative estimate of drug-likeness (QED) is 0.348. The Morgan fingerprint density at radius 2 is 1.30 bits per heavy atom. The van der Waals surface area contributed by atoms with Crippen molar-refractivity contribution >= 4 is 0 Å². The first-order valence-corrected chi connectivity index (χ1v) is 8.71. The zero-order chi connectivity index (χ0) is 15.1. The zero-order valence-corrected chi connectivity index (χ0v) is 13.7. The second-order valence-corrected chi connectivity index (χ2v) is 5.90. The van der Waals surface area contributed by atoms with Gasteiger partial charge in [0.25, 0.3) is 0 Å². The molecule has 0 aromatic heterocycles. The predicted molar refractivity (Wildman–Crippen MR) is 87.9 cm³/mol. The van der Waals surface area contributed by atoms with E-state index in [0.29, 0.717) is 0 Å². The van der Waals surface area contributed by atoms with Gasteiger partial charge in [-0.2, -0.15) is 0 Å². The van der Waals surface area contributed by atoms with Crippen LogP contribution in [-0.2, 0) is 0 Å². The van der Waals surface area contributed by atoms with Gasteiger partial charge in [0.2, 0.25) is 0 Å². The molecule has 0 aromatic carbocycles. The molecule has 20 heavy (non-hydrogen) atoms. The van der Waals surface area contributed by atoms with Gasteiger partial charge >= 0.3 is 0 Å². The largest absolute Gasteiger partial charge is 0.393 e. The van der Waals surface area contributed by atoms with Gasteiger partial charge in [-0.3, -0.25) is 0 Å². The minimum Gasteiger partial charge on any atom is -0.393 e. The van der Waals surface area contributed by atoms with Crippen molar-refractivity contribution in [3.63, 3.8) is 0 Å². The molecule has 120 valence electrons. The third kappa shape index (κ3) is 14.1. The number of hydrogen-bond donors (Lipinski definition) is 2. The summed E-state index contributed by atoms with van der Waals surface area (Å²) in [5.74, 6) is 0. The van der Waals surface area contributed by atoms with Crippen LogP contribution < -0.4 is 0 Å². The van der Waals surface area contributed by atoms with E-state index in [2.05, 4.69) is 19.1 Å². The molecule has 0 aromatic rings. The molecule has 2 heteroatoms. The second-order valence-electron chi connectivity index (χ2n) is 5.90. The average molecular weight is 284 g/mol. The van der Waals surface area contributed by atoms with Crippen LogP contribution in [0.15, 0.2) is 12.2 Å². The molecule has 0 aliphatic heterocycles. The number of hydrogen-bond acceptors (Lipinski definition) is 2. The van der Waals surface area contributed by atoms with Crippen molar-refractivity contribution in [3.8, 4) is 0 Å². The fourth-order valence-electron chi connectivity index (χ4n) is 2.30. The lowest BCUT2D eigenvalue weighted by Crippen LogP contribution is -2.12. The first-order chi connectivity index (χ1) is 9.70. The second kappa shape index (κ2) is 15.1. The molecule has 0 spiro atoms. The number of aliphatic hydroxyl groups excluding tert-OH is 2. The van der Waals surface area contributed by atoms with E-state index in [4.69, 9.17) is 0 Å². The topological polar surface area (TPSA) is 40.5 Å². The van der Waals surface area contributed by atoms with Gasteiger partial charge < -0.3 is 10.2 Å². The maximum atomic E-state index is 9.77. The summed E-state index contributed by atoms with van der Waals surface area (Å²) in [6.07, 6.45) is 17.2. The van der Waals surface area contributed by atoms with Gasteiger partial charge in [-0.1, -0.05) is 58.1 Å². The first kappa shape index (κ1) is 19.7. The Hall–Kier alpha value is -0.340. The lowest BCUT2D eigenvalue weighted by Gasteiger charge is -2.11. The smallest absolute Gasteiger partial charge is 0.0544 e. The van der Waals surface area contributed by atoms with Gasteiger partial charge in [0.15, 0.2) is 0 Å². The summed E-state index contributed by atoms with van der Waals surface area (Å²) < 4.78 is 0. The SMILES string of the molecule is CCCCCCCCC=CCCC(O)CCC(O)CC. The Bertz CT molecular complexity index is 213. The van der Waals surface area contributed by atoms with Crippen LogP contribution in [-0.4, -0.2) is 22.4 Å². The van der Waals surface area contributed by atoms with E-state index in [1.165, 1.54) is 44.9 Å². The molecule has 0 aliphatic carbocycles. The number of rotatable bonds is 14. The summed E-state index contributed by atoms with van der Waals surface area (Å²) in [6, 6.07) is 0. The predicted octanol–water partition coefficient (Wildman–Crippen LogP) is 4.99. The van der Waals surface area contributed by atoms with Gasteiger partial charge in [-0.05, 0) is 44.9 Å². The molecule has 0 heterocycles. The highest BCUT2D eigenvalue weighted by Gasteiger charge is 2.06. The molecule has 0 amide bonds. The van der Waals surface area contributed by atoms with Crippen LogP contribution in [0.2, 0.25) is 0 Å². The molecule has 0 radical (unpaired) electrons. The molecule has 0 aliphatic rings. The Labute approximate surface area is 126 Å². The van der Waals surface area contributed by atoms with E-state index in [1.54, 1.807) is 0 Å². The lowest BCUT2D eigenvalue weighted by atomic mass is 10.0. The van der Waals surface area contributed by atoms with Crippen molar-refractivity contribution < 1.29 is 10.2 Å². The van der Waals surface area contributed by atoms with E-state index in [1.807, 2.05) is 6.92 Å². The van der Waals surface area contributed by atoms with E-state index in [0.717, 1.165) is 32.1 Å². The van der Waals surface area contributed by atoms with E-state index < -0.39 is 0 Å². The summed E-state index contributed by atoms with van der Waals surface area (Å²) in [7, 11) is 0. The van der Waals surface area contributed by atoms with E-state index >= 15 is 0 Å². The lowest BCUT2D eigenvalue weighted by molar-refractivity contribution is 0.107. The summed E-state index contributed by atoms with van der Waals surface area (Å²) in [5, 5.41) is 19.2. The van der Waals surface area contributed by atoms with Gasteiger partial charge in [0.05, 0.1) is 12.2 Å². The minimum absolute atomic E-state index is 0.243. The van der Waals surface area contributed by atoms with Crippen LogP contribution in [0.4, 0.5) is 0 Å². The van der Waals surface area contributed by atoms with Gasteiger partial charge in [-0.25, -0.2) is 0 Å². The number of allylic oxidation sites excluding steroid dienone is 2. The Balaban J connectivity index is 3.29. The van der Waals surface area contributed by atoms with Crippen molar-refractivity contribution in [3.05, 3.63) is 12.2 Å². The molecular formula is C18H36O2. The Morgan fingerprint density at radius 1 is 0.700 bits per heavy atom. The van der Waals surface area contributed by atoms with Gasteiger partial charge in [0, 0.05) is 0 Å². The number of aliphatic hydroxyl groups is 2. The monoisotopic (exact) mass is 284 g/mol. The molecule has 2 unspecified atom stereocenters. The van der Waals surface area contributed by atoms with Crippen molar-refractivity contribution in [1.29, 1.82) is 0 Å². The average Bonchev–Trinajstić information content (AvgIpc) is 2.46. The van der Waals surface area contributed by atoms with Crippen LogP contribution >= 0.6 is 0 Å². The zero-order valence-electron chi connectivity index (χ0n) is 13.7. The van der Waals surface area contributed by atoms with Crippen molar-refractivity contribution in [2.75, 3.05) is 0 Å². The molecular weight excluding hydrogens is 248 g/mol. The highest BCUT2D eigenvalue weighted by Crippen LogP contribution is 2.10. The molecule has 0 saturated carbocycles. The maximum Gasteiger partial charge on any atom is 0.0544 e. The normalized spacial score (nSPS) is 14.8. The summed E-state index contributed by atoms with van der Waals surface area (Å²) in [5.41, 5.74) is 0. The molecule has 2 atom stereocenters. The fourth-order valence-corrected chi connectivity index (χ4v) is 2.30. The van der Waals surface area contributed by atoms with Crippen molar-refractivity contribution in [1.82, 2.24) is 0 Å². The van der Waals surface area contributed by atoms with Crippen LogP contribution in [0.5, 0.6) is 0 Å². The van der Waals surface area contributed by atoms with Crippen LogP contribution in [0, 0.1) is 0 Å². The summed E-state index contributed by atoms with van der Waals surface area (Å²) >= 11 is 0. The summed E-state index contributed by atoms with van der Waals surface area (Å²) in [4.78, 5) is 0. The standard InChI is InChI=1S/C18H36O2/c1-3-5-6-7-8-9-10-11-12-13-14-18(20)16-15-17(19)4-2/h11-12,17-20H,3-10,13-16H2,1-2H3. The molecule has 2 nitrogen and oxygen atoms in total. The third-order valence-corrected chi connectivity index (χ3v) is 3.86. The van der Waals surface area contributed by atoms with Gasteiger partial charge in [0.1, 0.15) is 0 Å². The third-order valence-electron chi connectivity index (χ3n) is 3.86. The fraction of sp³-hybridized carbons (Fsp3) is 0.889. The molecule has 0 fully saturated rings.